The normalized spacial score (nSPS) is 19.2. The summed E-state index contributed by atoms with van der Waals surface area (Å²) in [4.78, 5) is 17.3. The van der Waals surface area contributed by atoms with Crippen LogP contribution in [0, 0.1) is 18.7 Å². The second kappa shape index (κ2) is 4.99. The Kier molecular flexibility index (Phi) is 3.55. The SMILES string of the molecule is Cc1ccc(F)cc1C1C(N)=NC(=O)N1CC(C)C. The number of carbonyl (C=O) groups excluding carboxylic acids is 1. The maximum atomic E-state index is 13.4. The highest BCUT2D eigenvalue weighted by molar-refractivity contribution is 6.03. The van der Waals surface area contributed by atoms with Gasteiger partial charge in [0.05, 0.1) is 0 Å². The number of nitrogens with zero attached hydrogens (tertiary/aromatic N) is 2. The van der Waals surface area contributed by atoms with E-state index in [0.717, 1.165) is 5.56 Å². The summed E-state index contributed by atoms with van der Waals surface area (Å²) in [5.74, 6) is 0.193. The van der Waals surface area contributed by atoms with Gasteiger partial charge in [-0.25, -0.2) is 9.18 Å². The Bertz CT molecular complexity index is 539. The Labute approximate surface area is 112 Å². The quantitative estimate of drug-likeness (QED) is 0.911. The molecule has 19 heavy (non-hydrogen) atoms. The molecular weight excluding hydrogens is 245 g/mol. The van der Waals surface area contributed by atoms with E-state index < -0.39 is 6.04 Å². The first-order valence-electron chi connectivity index (χ1n) is 6.31. The van der Waals surface area contributed by atoms with Gasteiger partial charge in [0.1, 0.15) is 17.7 Å². The van der Waals surface area contributed by atoms with Crippen LogP contribution in [0.25, 0.3) is 0 Å². The molecule has 2 rings (SSSR count). The van der Waals surface area contributed by atoms with Gasteiger partial charge in [-0.05, 0) is 36.1 Å². The Morgan fingerprint density at radius 1 is 1.47 bits per heavy atom. The van der Waals surface area contributed by atoms with Gasteiger partial charge < -0.3 is 10.6 Å². The van der Waals surface area contributed by atoms with Gasteiger partial charge in [0.25, 0.3) is 0 Å². The van der Waals surface area contributed by atoms with E-state index in [1.165, 1.54) is 12.1 Å². The van der Waals surface area contributed by atoms with Crippen LogP contribution in [-0.4, -0.2) is 23.3 Å². The van der Waals surface area contributed by atoms with Crippen molar-refractivity contribution >= 4 is 11.9 Å². The van der Waals surface area contributed by atoms with Crippen LogP contribution in [0.15, 0.2) is 23.2 Å². The molecule has 5 heteroatoms. The van der Waals surface area contributed by atoms with Crippen molar-refractivity contribution in [2.45, 2.75) is 26.8 Å². The van der Waals surface area contributed by atoms with E-state index in [9.17, 15) is 9.18 Å². The van der Waals surface area contributed by atoms with Crippen molar-refractivity contribution in [3.05, 3.63) is 35.1 Å². The molecule has 0 saturated carbocycles. The highest BCUT2D eigenvalue weighted by Crippen LogP contribution is 2.30. The second-order valence-electron chi connectivity index (χ2n) is 5.27. The van der Waals surface area contributed by atoms with Crippen LogP contribution >= 0.6 is 0 Å². The van der Waals surface area contributed by atoms with Crippen LogP contribution in [-0.2, 0) is 0 Å². The molecule has 1 heterocycles. The van der Waals surface area contributed by atoms with Crippen molar-refractivity contribution in [1.82, 2.24) is 4.90 Å². The highest BCUT2D eigenvalue weighted by atomic mass is 19.1. The highest BCUT2D eigenvalue weighted by Gasteiger charge is 2.35. The van der Waals surface area contributed by atoms with Gasteiger partial charge in [0.15, 0.2) is 0 Å². The minimum absolute atomic E-state index is 0.236. The van der Waals surface area contributed by atoms with Crippen LogP contribution in [0.4, 0.5) is 9.18 Å². The third kappa shape index (κ3) is 2.59. The second-order valence-corrected chi connectivity index (χ2v) is 5.27. The summed E-state index contributed by atoms with van der Waals surface area (Å²) in [6.45, 7) is 6.44. The summed E-state index contributed by atoms with van der Waals surface area (Å²) in [6.07, 6.45) is 0. The van der Waals surface area contributed by atoms with Crippen LogP contribution in [0.1, 0.15) is 31.0 Å². The molecule has 2 amide bonds. The lowest BCUT2D eigenvalue weighted by atomic mass is 9.99. The van der Waals surface area contributed by atoms with Crippen molar-refractivity contribution in [2.75, 3.05) is 6.54 Å². The van der Waals surface area contributed by atoms with E-state index in [2.05, 4.69) is 4.99 Å². The Balaban J connectivity index is 2.42. The molecule has 0 bridgehead atoms. The molecule has 0 aliphatic carbocycles. The summed E-state index contributed by atoms with van der Waals surface area (Å²) in [5, 5.41) is 0. The summed E-state index contributed by atoms with van der Waals surface area (Å²) in [6, 6.07) is 3.71. The molecule has 0 spiro atoms. The number of halogens is 1. The first kappa shape index (κ1) is 13.5. The third-order valence-corrected chi connectivity index (χ3v) is 3.16. The monoisotopic (exact) mass is 263 g/mol. The summed E-state index contributed by atoms with van der Waals surface area (Å²) in [5.41, 5.74) is 7.45. The van der Waals surface area contributed by atoms with Gasteiger partial charge in [-0.2, -0.15) is 4.99 Å². The molecule has 0 saturated heterocycles. The number of hydrogen-bond donors (Lipinski definition) is 1. The number of amides is 2. The maximum Gasteiger partial charge on any atom is 0.346 e. The lowest BCUT2D eigenvalue weighted by Gasteiger charge is -2.27. The first-order valence-corrected chi connectivity index (χ1v) is 6.31. The predicted octanol–water partition coefficient (Wildman–Crippen LogP) is 2.62. The molecule has 1 aromatic carbocycles. The van der Waals surface area contributed by atoms with Gasteiger partial charge in [0, 0.05) is 6.54 Å². The number of aryl methyl sites for hydroxylation is 1. The van der Waals surface area contributed by atoms with E-state index in [1.54, 1.807) is 11.0 Å². The average Bonchev–Trinajstić information content (AvgIpc) is 2.57. The van der Waals surface area contributed by atoms with Crippen LogP contribution in [0.3, 0.4) is 0 Å². The van der Waals surface area contributed by atoms with Crippen molar-refractivity contribution < 1.29 is 9.18 Å². The fourth-order valence-corrected chi connectivity index (χ4v) is 2.32. The molecule has 0 fully saturated rings. The van der Waals surface area contributed by atoms with E-state index in [1.807, 2.05) is 20.8 Å². The zero-order valence-electron chi connectivity index (χ0n) is 11.4. The first-order chi connectivity index (χ1) is 8.90. The number of carbonyl (C=O) groups is 1. The third-order valence-electron chi connectivity index (χ3n) is 3.16. The number of urea groups is 1. The molecule has 1 unspecified atom stereocenters. The van der Waals surface area contributed by atoms with Gasteiger partial charge in [0.2, 0.25) is 0 Å². The maximum absolute atomic E-state index is 13.4. The molecule has 0 aromatic heterocycles. The molecular formula is C14H18FN3O. The number of nitrogens with two attached hydrogens (primary N) is 1. The van der Waals surface area contributed by atoms with Crippen LogP contribution in [0.2, 0.25) is 0 Å². The standard InChI is InChI=1S/C14H18FN3O/c1-8(2)7-18-12(13(16)17-14(18)19)11-6-10(15)5-4-9(11)3/h4-6,8,12H,7H2,1-3H3,(H2,16,17,19). The number of aliphatic imine (C=N–C) groups is 1. The predicted molar refractivity (Wildman–Crippen MR) is 72.4 cm³/mol. The van der Waals surface area contributed by atoms with E-state index in [-0.39, 0.29) is 17.7 Å². The molecule has 1 atom stereocenters. The largest absolute Gasteiger partial charge is 0.385 e. The van der Waals surface area contributed by atoms with E-state index >= 15 is 0 Å². The van der Waals surface area contributed by atoms with Gasteiger partial charge >= 0.3 is 6.03 Å². The zero-order valence-corrected chi connectivity index (χ0v) is 11.4. The number of amidine groups is 1. The Morgan fingerprint density at radius 2 is 2.16 bits per heavy atom. The molecule has 1 aliphatic heterocycles. The lowest BCUT2D eigenvalue weighted by Crippen LogP contribution is -2.36. The van der Waals surface area contributed by atoms with Gasteiger partial charge in [-0.3, -0.25) is 0 Å². The Morgan fingerprint density at radius 3 is 2.79 bits per heavy atom. The minimum Gasteiger partial charge on any atom is -0.385 e. The van der Waals surface area contributed by atoms with E-state index in [0.29, 0.717) is 18.0 Å². The van der Waals surface area contributed by atoms with Gasteiger partial charge in [-0.15, -0.1) is 0 Å². The number of hydrogen-bond acceptors (Lipinski definition) is 2. The van der Waals surface area contributed by atoms with Crippen molar-refractivity contribution in [2.24, 2.45) is 16.6 Å². The van der Waals surface area contributed by atoms with Gasteiger partial charge in [-0.1, -0.05) is 19.9 Å². The van der Waals surface area contributed by atoms with E-state index in [4.69, 9.17) is 5.73 Å². The van der Waals surface area contributed by atoms with Crippen molar-refractivity contribution in [3.63, 3.8) is 0 Å². The Hall–Kier alpha value is -1.91. The molecule has 1 aromatic rings. The zero-order chi connectivity index (χ0) is 14.2. The molecule has 4 nitrogen and oxygen atoms in total. The summed E-state index contributed by atoms with van der Waals surface area (Å²) < 4.78 is 13.4. The number of rotatable bonds is 3. The summed E-state index contributed by atoms with van der Waals surface area (Å²) >= 11 is 0. The smallest absolute Gasteiger partial charge is 0.346 e. The fraction of sp³-hybridized carbons (Fsp3) is 0.429. The van der Waals surface area contributed by atoms with Crippen molar-refractivity contribution in [1.29, 1.82) is 0 Å². The molecule has 2 N–H and O–H groups in total. The average molecular weight is 263 g/mol. The van der Waals surface area contributed by atoms with Crippen LogP contribution in [0.5, 0.6) is 0 Å². The molecule has 102 valence electrons. The lowest BCUT2D eigenvalue weighted by molar-refractivity contribution is 0.198. The van der Waals surface area contributed by atoms with Crippen molar-refractivity contribution in [3.8, 4) is 0 Å². The fourth-order valence-electron chi connectivity index (χ4n) is 2.32. The molecule has 0 radical (unpaired) electrons. The summed E-state index contributed by atoms with van der Waals surface area (Å²) in [7, 11) is 0. The topological polar surface area (TPSA) is 58.7 Å². The minimum atomic E-state index is -0.453. The number of benzene rings is 1. The van der Waals surface area contributed by atoms with Crippen LogP contribution < -0.4 is 5.73 Å². The molecule has 1 aliphatic rings.